The molecule has 0 aliphatic carbocycles. The topological polar surface area (TPSA) is 40.6 Å². The molecule has 1 aliphatic rings. The zero-order chi connectivity index (χ0) is 10.2. The van der Waals surface area contributed by atoms with Crippen molar-refractivity contribution in [2.45, 2.75) is 25.9 Å². The molecule has 0 amide bonds. The van der Waals surface area contributed by atoms with Crippen LogP contribution in [0.25, 0.3) is 0 Å². The van der Waals surface area contributed by atoms with Crippen molar-refractivity contribution in [1.29, 1.82) is 0 Å². The molecule has 0 aromatic carbocycles. The van der Waals surface area contributed by atoms with Crippen LogP contribution in [0.3, 0.4) is 0 Å². The van der Waals surface area contributed by atoms with Gasteiger partial charge in [-0.2, -0.15) is 4.31 Å². The van der Waals surface area contributed by atoms with E-state index in [0.717, 1.165) is 13.1 Å². The van der Waals surface area contributed by atoms with E-state index in [1.807, 2.05) is 20.9 Å². The summed E-state index contributed by atoms with van der Waals surface area (Å²) in [5, 5.41) is 0. The Kier molecular flexibility index (Phi) is 2.99. The molecule has 13 heavy (non-hydrogen) atoms. The van der Waals surface area contributed by atoms with Gasteiger partial charge in [-0.3, -0.25) is 0 Å². The van der Waals surface area contributed by atoms with Crippen molar-refractivity contribution in [3.05, 3.63) is 0 Å². The number of likely N-dealkylation sites (N-methyl/N-ethyl adjacent to an activating group) is 1. The van der Waals surface area contributed by atoms with E-state index in [9.17, 15) is 8.42 Å². The first-order valence-corrected chi connectivity index (χ1v) is 6.34. The minimum Gasteiger partial charge on any atom is -0.303 e. The van der Waals surface area contributed by atoms with Crippen LogP contribution in [0.15, 0.2) is 0 Å². The van der Waals surface area contributed by atoms with E-state index in [4.69, 9.17) is 0 Å². The fourth-order valence-corrected chi connectivity index (χ4v) is 3.67. The third-order valence-electron chi connectivity index (χ3n) is 2.40. The van der Waals surface area contributed by atoms with Gasteiger partial charge in [0.1, 0.15) is 0 Å². The summed E-state index contributed by atoms with van der Waals surface area (Å²) in [4.78, 5) is 2.16. The predicted octanol–water partition coefficient (Wildman–Crippen LogP) is -0.0296. The van der Waals surface area contributed by atoms with Gasteiger partial charge in [0, 0.05) is 25.2 Å². The van der Waals surface area contributed by atoms with Crippen LogP contribution in [0.4, 0.5) is 0 Å². The Morgan fingerprint density at radius 2 is 1.54 bits per heavy atom. The van der Waals surface area contributed by atoms with Crippen LogP contribution in [0, 0.1) is 0 Å². The maximum absolute atomic E-state index is 11.4. The van der Waals surface area contributed by atoms with Gasteiger partial charge in [0.05, 0.1) is 6.26 Å². The second-order valence-electron chi connectivity index (χ2n) is 4.01. The van der Waals surface area contributed by atoms with Crippen molar-refractivity contribution in [2.75, 3.05) is 26.4 Å². The zero-order valence-corrected chi connectivity index (χ0v) is 9.50. The lowest BCUT2D eigenvalue weighted by atomic mass is 10.2. The second-order valence-corrected chi connectivity index (χ2v) is 5.90. The number of piperazine rings is 1. The van der Waals surface area contributed by atoms with E-state index in [2.05, 4.69) is 4.90 Å². The summed E-state index contributed by atoms with van der Waals surface area (Å²) in [5.41, 5.74) is 0. The molecule has 4 nitrogen and oxygen atoms in total. The molecule has 1 heterocycles. The highest BCUT2D eigenvalue weighted by molar-refractivity contribution is 7.88. The van der Waals surface area contributed by atoms with Crippen LogP contribution in [0.1, 0.15) is 13.8 Å². The van der Waals surface area contributed by atoms with E-state index in [1.54, 1.807) is 4.31 Å². The number of rotatable bonds is 1. The molecule has 0 unspecified atom stereocenters. The Hall–Kier alpha value is -0.130. The number of hydrogen-bond acceptors (Lipinski definition) is 3. The second kappa shape index (κ2) is 3.55. The molecule has 5 heteroatoms. The SMILES string of the molecule is C[C@H]1CN(C)C[C@H](C)N1S(C)(=O)=O. The van der Waals surface area contributed by atoms with E-state index in [0.29, 0.717) is 0 Å². The van der Waals surface area contributed by atoms with Crippen molar-refractivity contribution >= 4 is 10.0 Å². The van der Waals surface area contributed by atoms with Gasteiger partial charge < -0.3 is 4.90 Å². The fraction of sp³-hybridized carbons (Fsp3) is 1.00. The molecule has 0 radical (unpaired) electrons. The van der Waals surface area contributed by atoms with Gasteiger partial charge in [0.25, 0.3) is 0 Å². The van der Waals surface area contributed by atoms with Crippen molar-refractivity contribution in [3.8, 4) is 0 Å². The van der Waals surface area contributed by atoms with E-state index in [-0.39, 0.29) is 12.1 Å². The normalized spacial score (nSPS) is 33.5. The molecule has 78 valence electrons. The van der Waals surface area contributed by atoms with Crippen LogP contribution in [-0.2, 0) is 10.0 Å². The standard InChI is InChI=1S/C8H18N2O2S/c1-7-5-9(3)6-8(2)10(7)13(4,11)12/h7-8H,5-6H2,1-4H3/t7-,8-/m0/s1. The smallest absolute Gasteiger partial charge is 0.211 e. The molecular formula is C8H18N2O2S. The monoisotopic (exact) mass is 206 g/mol. The molecule has 1 fully saturated rings. The molecular weight excluding hydrogens is 188 g/mol. The lowest BCUT2D eigenvalue weighted by Crippen LogP contribution is -2.57. The number of nitrogens with zero attached hydrogens (tertiary/aromatic N) is 2. The molecule has 0 bridgehead atoms. The minimum absolute atomic E-state index is 0.0868. The first-order chi connectivity index (χ1) is 5.82. The summed E-state index contributed by atoms with van der Waals surface area (Å²) in [6.45, 7) is 5.54. The Labute approximate surface area is 80.6 Å². The minimum atomic E-state index is -3.04. The summed E-state index contributed by atoms with van der Waals surface area (Å²) in [5.74, 6) is 0. The predicted molar refractivity (Wildman–Crippen MR) is 53.1 cm³/mol. The Bertz CT molecular complexity index is 264. The van der Waals surface area contributed by atoms with Crippen molar-refractivity contribution in [1.82, 2.24) is 9.21 Å². The largest absolute Gasteiger partial charge is 0.303 e. The molecule has 1 aliphatic heterocycles. The van der Waals surface area contributed by atoms with Crippen LogP contribution >= 0.6 is 0 Å². The highest BCUT2D eigenvalue weighted by atomic mass is 32.2. The Morgan fingerprint density at radius 1 is 1.15 bits per heavy atom. The van der Waals surface area contributed by atoms with Gasteiger partial charge in [0.2, 0.25) is 10.0 Å². The van der Waals surface area contributed by atoms with Crippen molar-refractivity contribution in [3.63, 3.8) is 0 Å². The maximum Gasteiger partial charge on any atom is 0.211 e. The van der Waals surface area contributed by atoms with Gasteiger partial charge in [-0.15, -0.1) is 0 Å². The molecule has 0 aromatic rings. The molecule has 0 aromatic heterocycles. The summed E-state index contributed by atoms with van der Waals surface area (Å²) >= 11 is 0. The van der Waals surface area contributed by atoms with E-state index >= 15 is 0 Å². The quantitative estimate of drug-likeness (QED) is 0.605. The average molecular weight is 206 g/mol. The average Bonchev–Trinajstić information content (AvgIpc) is 1.78. The summed E-state index contributed by atoms with van der Waals surface area (Å²) in [7, 11) is -1.02. The van der Waals surface area contributed by atoms with Crippen molar-refractivity contribution < 1.29 is 8.42 Å². The molecule has 2 atom stereocenters. The molecule has 0 saturated carbocycles. The van der Waals surface area contributed by atoms with Gasteiger partial charge in [-0.1, -0.05) is 0 Å². The van der Waals surface area contributed by atoms with E-state index in [1.165, 1.54) is 6.26 Å². The van der Waals surface area contributed by atoms with Gasteiger partial charge in [-0.05, 0) is 20.9 Å². The molecule has 0 N–H and O–H groups in total. The van der Waals surface area contributed by atoms with E-state index < -0.39 is 10.0 Å². The fourth-order valence-electron chi connectivity index (χ4n) is 2.23. The lowest BCUT2D eigenvalue weighted by Gasteiger charge is -2.41. The highest BCUT2D eigenvalue weighted by Gasteiger charge is 2.33. The third-order valence-corrected chi connectivity index (χ3v) is 3.89. The maximum atomic E-state index is 11.4. The lowest BCUT2D eigenvalue weighted by molar-refractivity contribution is 0.124. The van der Waals surface area contributed by atoms with Gasteiger partial charge in [-0.25, -0.2) is 8.42 Å². The number of hydrogen-bond donors (Lipinski definition) is 0. The summed E-state index contributed by atoms with van der Waals surface area (Å²) in [6, 6.07) is 0.174. The van der Waals surface area contributed by atoms with Crippen LogP contribution in [0.2, 0.25) is 0 Å². The van der Waals surface area contributed by atoms with Crippen LogP contribution in [0.5, 0.6) is 0 Å². The summed E-state index contributed by atoms with van der Waals surface area (Å²) < 4.78 is 24.4. The van der Waals surface area contributed by atoms with Gasteiger partial charge in [0.15, 0.2) is 0 Å². The third kappa shape index (κ3) is 2.42. The van der Waals surface area contributed by atoms with Gasteiger partial charge >= 0.3 is 0 Å². The van der Waals surface area contributed by atoms with Crippen LogP contribution in [-0.4, -0.2) is 56.1 Å². The first kappa shape index (κ1) is 10.9. The zero-order valence-electron chi connectivity index (χ0n) is 8.69. The Balaban J connectivity index is 2.85. The van der Waals surface area contributed by atoms with Crippen LogP contribution < -0.4 is 0 Å². The summed E-state index contributed by atoms with van der Waals surface area (Å²) in [6.07, 6.45) is 1.28. The highest BCUT2D eigenvalue weighted by Crippen LogP contribution is 2.17. The Morgan fingerprint density at radius 3 is 1.85 bits per heavy atom. The first-order valence-electron chi connectivity index (χ1n) is 4.49. The van der Waals surface area contributed by atoms with Crippen molar-refractivity contribution in [2.24, 2.45) is 0 Å². The number of sulfonamides is 1. The molecule has 0 spiro atoms. The molecule has 1 saturated heterocycles. The molecule has 1 rings (SSSR count).